The molecule has 6 rings (SSSR count). The number of nitrogens with zero attached hydrogens (tertiary/aromatic N) is 4. The topological polar surface area (TPSA) is 181 Å². The summed E-state index contributed by atoms with van der Waals surface area (Å²) < 4.78 is 11.5. The minimum Gasteiger partial charge on any atom is -0.494 e. The number of unbranched alkanes of at least 4 members (excludes halogenated alkanes) is 3. The molecular formula is C46H56N8O6S. The molecule has 4 heterocycles. The van der Waals surface area contributed by atoms with Gasteiger partial charge in [-0.15, -0.1) is 11.3 Å². The van der Waals surface area contributed by atoms with Gasteiger partial charge in [0.15, 0.2) is 0 Å². The molecule has 0 radical (unpaired) electrons. The predicted octanol–water partition coefficient (Wildman–Crippen LogP) is 7.64. The summed E-state index contributed by atoms with van der Waals surface area (Å²) in [5.74, 6) is 0.0814. The smallest absolute Gasteiger partial charge is 0.274 e. The van der Waals surface area contributed by atoms with Crippen molar-refractivity contribution in [2.45, 2.75) is 98.2 Å². The van der Waals surface area contributed by atoms with E-state index in [0.29, 0.717) is 61.8 Å². The van der Waals surface area contributed by atoms with E-state index in [2.05, 4.69) is 36.1 Å². The molecule has 1 aliphatic heterocycles. The number of carbonyl (C=O) groups is 4. The standard InChI is InChI=1S/C46H56N8O6S/c1-29-25-37(53-52-29)34-13-11-14-36(49-34)43(56)50-35-22-21-33(26-39(35)59-6)60-24-10-8-7-9-16-40(55)51-42(46(3,4)5)45(58)54-23-12-15-38(54)44(57)47-27-31-17-19-32(20-18-31)41-30(2)48-28-61-41/h11,13-14,17-22,25-26,28,38,42H,7-10,12,15-16,23-24,27H2,1-6H3,(H,47,57)(H,50,56)(H,51,55)(H,52,53)/t38-,42+/m0/s1. The Morgan fingerprint density at radius 3 is 2.48 bits per heavy atom. The Bertz CT molecular complexity index is 2300. The minimum atomic E-state index is -0.763. The van der Waals surface area contributed by atoms with Gasteiger partial charge in [-0.25, -0.2) is 9.97 Å². The van der Waals surface area contributed by atoms with E-state index in [4.69, 9.17) is 9.47 Å². The van der Waals surface area contributed by atoms with Crippen LogP contribution in [-0.2, 0) is 20.9 Å². The summed E-state index contributed by atoms with van der Waals surface area (Å²) in [6, 6.07) is 19.0. The van der Waals surface area contributed by atoms with Crippen molar-refractivity contribution in [2.75, 3.05) is 25.6 Å². The molecular weight excluding hydrogens is 793 g/mol. The second-order valence-corrected chi connectivity index (χ2v) is 17.3. The molecule has 2 atom stereocenters. The summed E-state index contributed by atoms with van der Waals surface area (Å²) >= 11 is 1.60. The van der Waals surface area contributed by atoms with Gasteiger partial charge in [-0.05, 0) is 86.4 Å². The van der Waals surface area contributed by atoms with Crippen LogP contribution in [0.25, 0.3) is 21.8 Å². The van der Waals surface area contributed by atoms with Gasteiger partial charge in [0.2, 0.25) is 17.7 Å². The highest BCUT2D eigenvalue weighted by atomic mass is 32.1. The third-order valence-corrected chi connectivity index (χ3v) is 11.6. The van der Waals surface area contributed by atoms with Crippen molar-refractivity contribution >= 4 is 40.7 Å². The number of hydrogen-bond donors (Lipinski definition) is 4. The highest BCUT2D eigenvalue weighted by Crippen LogP contribution is 2.31. The highest BCUT2D eigenvalue weighted by molar-refractivity contribution is 7.13. The Morgan fingerprint density at radius 2 is 1.77 bits per heavy atom. The molecule has 322 valence electrons. The summed E-state index contributed by atoms with van der Waals surface area (Å²) in [5.41, 5.74) is 7.23. The molecule has 0 bridgehead atoms. The van der Waals surface area contributed by atoms with Crippen LogP contribution in [0, 0.1) is 19.3 Å². The van der Waals surface area contributed by atoms with E-state index in [0.717, 1.165) is 58.8 Å². The second kappa shape index (κ2) is 20.4. The Hall–Kier alpha value is -6.09. The number of amides is 4. The number of carbonyl (C=O) groups excluding carboxylic acids is 4. The Morgan fingerprint density at radius 1 is 0.984 bits per heavy atom. The molecule has 61 heavy (non-hydrogen) atoms. The third kappa shape index (κ3) is 11.8. The van der Waals surface area contributed by atoms with Crippen LogP contribution in [-0.4, -0.2) is 81.0 Å². The quantitative estimate of drug-likeness (QED) is 0.0645. The van der Waals surface area contributed by atoms with Crippen LogP contribution in [0.1, 0.15) is 93.2 Å². The Labute approximate surface area is 361 Å². The summed E-state index contributed by atoms with van der Waals surface area (Å²) in [7, 11) is 1.53. The summed E-state index contributed by atoms with van der Waals surface area (Å²) in [6.07, 6.45) is 4.70. The molecule has 0 aliphatic carbocycles. The number of benzene rings is 2. The van der Waals surface area contributed by atoms with Gasteiger partial charge < -0.3 is 30.3 Å². The Kier molecular flexibility index (Phi) is 14.9. The predicted molar refractivity (Wildman–Crippen MR) is 236 cm³/mol. The van der Waals surface area contributed by atoms with Gasteiger partial charge in [-0.1, -0.05) is 63.9 Å². The van der Waals surface area contributed by atoms with Crippen molar-refractivity contribution in [3.8, 4) is 33.3 Å². The molecule has 15 heteroatoms. The van der Waals surface area contributed by atoms with Crippen molar-refractivity contribution in [2.24, 2.45) is 5.41 Å². The zero-order valence-corrected chi connectivity index (χ0v) is 36.6. The molecule has 1 fully saturated rings. The lowest BCUT2D eigenvalue weighted by Gasteiger charge is -2.35. The zero-order valence-electron chi connectivity index (χ0n) is 35.8. The lowest BCUT2D eigenvalue weighted by molar-refractivity contribution is -0.143. The van der Waals surface area contributed by atoms with Crippen LogP contribution in [0.3, 0.4) is 0 Å². The molecule has 4 N–H and O–H groups in total. The third-order valence-electron chi connectivity index (χ3n) is 10.6. The first-order valence-corrected chi connectivity index (χ1v) is 21.7. The van der Waals surface area contributed by atoms with E-state index >= 15 is 0 Å². The van der Waals surface area contributed by atoms with Crippen LogP contribution in [0.2, 0.25) is 0 Å². The van der Waals surface area contributed by atoms with Gasteiger partial charge in [0, 0.05) is 25.6 Å². The number of methoxy groups -OCH3 is 1. The van der Waals surface area contributed by atoms with E-state index < -0.39 is 17.5 Å². The zero-order chi connectivity index (χ0) is 43.5. The highest BCUT2D eigenvalue weighted by Gasteiger charge is 2.41. The lowest BCUT2D eigenvalue weighted by atomic mass is 9.85. The summed E-state index contributed by atoms with van der Waals surface area (Å²) in [6.45, 7) is 10.9. The van der Waals surface area contributed by atoms with Crippen molar-refractivity contribution in [3.63, 3.8) is 0 Å². The number of aryl methyl sites for hydroxylation is 2. The molecule has 0 spiro atoms. The van der Waals surface area contributed by atoms with Gasteiger partial charge in [0.1, 0.15) is 29.3 Å². The van der Waals surface area contributed by atoms with E-state index in [9.17, 15) is 19.2 Å². The van der Waals surface area contributed by atoms with Gasteiger partial charge in [0.25, 0.3) is 5.91 Å². The normalized spacial score (nSPS) is 14.3. The molecule has 3 aromatic heterocycles. The fraction of sp³-hybridized carbons (Fsp3) is 0.413. The monoisotopic (exact) mass is 848 g/mol. The van der Waals surface area contributed by atoms with Crippen molar-refractivity contribution < 1.29 is 28.7 Å². The Balaban J connectivity index is 0.907. The van der Waals surface area contributed by atoms with Gasteiger partial charge in [-0.3, -0.25) is 24.3 Å². The van der Waals surface area contributed by atoms with E-state index in [-0.39, 0.29) is 29.3 Å². The van der Waals surface area contributed by atoms with Gasteiger partial charge in [-0.2, -0.15) is 5.10 Å². The van der Waals surface area contributed by atoms with Crippen molar-refractivity contribution in [1.29, 1.82) is 0 Å². The number of aromatic nitrogens is 4. The minimum absolute atomic E-state index is 0.183. The number of thiazole rings is 1. The lowest BCUT2D eigenvalue weighted by Crippen LogP contribution is -2.57. The largest absolute Gasteiger partial charge is 0.494 e. The number of ether oxygens (including phenoxy) is 2. The molecule has 5 aromatic rings. The number of H-pyrrole nitrogens is 1. The number of hydrogen-bond acceptors (Lipinski definition) is 10. The molecule has 14 nitrogen and oxygen atoms in total. The van der Waals surface area contributed by atoms with Crippen molar-refractivity contribution in [1.82, 2.24) is 35.7 Å². The van der Waals surface area contributed by atoms with Gasteiger partial charge in [0.05, 0.1) is 52.6 Å². The maximum Gasteiger partial charge on any atom is 0.274 e. The number of rotatable bonds is 18. The first-order chi connectivity index (χ1) is 29.3. The van der Waals surface area contributed by atoms with Crippen LogP contribution >= 0.6 is 11.3 Å². The second-order valence-electron chi connectivity index (χ2n) is 16.4. The number of nitrogens with one attached hydrogen (secondary N) is 4. The average Bonchev–Trinajstić information content (AvgIpc) is 4.03. The van der Waals surface area contributed by atoms with Crippen LogP contribution in [0.5, 0.6) is 11.5 Å². The van der Waals surface area contributed by atoms with E-state index in [1.54, 1.807) is 46.6 Å². The SMILES string of the molecule is COc1cc(OCCCCCCC(=O)N[C@H](C(=O)N2CCC[C@H]2C(=O)NCc2ccc(-c3scnc3C)cc2)C(C)(C)C)ccc1NC(=O)c1cccc(-c2cc(C)n[nH]2)n1. The molecule has 0 saturated carbocycles. The molecule has 4 amide bonds. The maximum absolute atomic E-state index is 14.0. The maximum atomic E-state index is 14.0. The number of aromatic amines is 1. The number of pyridine rings is 1. The fourth-order valence-electron chi connectivity index (χ4n) is 7.26. The molecule has 2 aromatic carbocycles. The summed E-state index contributed by atoms with van der Waals surface area (Å²) in [4.78, 5) is 65.2. The summed E-state index contributed by atoms with van der Waals surface area (Å²) in [5, 5.41) is 16.0. The van der Waals surface area contributed by atoms with Crippen LogP contribution < -0.4 is 25.4 Å². The molecule has 0 unspecified atom stereocenters. The van der Waals surface area contributed by atoms with Crippen LogP contribution in [0.15, 0.2) is 72.2 Å². The first kappa shape index (κ1) is 44.5. The van der Waals surface area contributed by atoms with Gasteiger partial charge >= 0.3 is 0 Å². The molecule has 1 aliphatic rings. The molecule has 1 saturated heterocycles. The van der Waals surface area contributed by atoms with E-state index in [1.807, 2.05) is 76.5 Å². The number of likely N-dealkylation sites (tertiary alicyclic amines) is 1. The van der Waals surface area contributed by atoms with Crippen molar-refractivity contribution in [3.05, 3.63) is 94.9 Å². The first-order valence-electron chi connectivity index (χ1n) is 20.8. The average molecular weight is 849 g/mol. The van der Waals surface area contributed by atoms with E-state index in [1.165, 1.54) is 7.11 Å². The van der Waals surface area contributed by atoms with Crippen LogP contribution in [0.4, 0.5) is 5.69 Å². The fourth-order valence-corrected chi connectivity index (χ4v) is 8.07. The number of anilines is 1.